The lowest BCUT2D eigenvalue weighted by molar-refractivity contribution is -0.245. The summed E-state index contributed by atoms with van der Waals surface area (Å²) in [6.45, 7) is 3.65. The SMILES string of the molecule is C=CCOC(=O)Nc1cccc([C@@H]2O[C@H](CSc3nc(-c4ccccc4)c(-c4ccccc4)o3)C[C@H](c3ccc(CO)cc3)O2)c1. The molecule has 3 atom stereocenters. The molecular weight excluding hydrogens is 600 g/mol. The van der Waals surface area contributed by atoms with Crippen LogP contribution in [0.4, 0.5) is 10.5 Å². The molecule has 46 heavy (non-hydrogen) atoms. The number of nitrogens with zero attached hydrogens (tertiary/aromatic N) is 1. The van der Waals surface area contributed by atoms with Crippen molar-refractivity contribution >= 4 is 23.5 Å². The van der Waals surface area contributed by atoms with Gasteiger partial charge in [0.25, 0.3) is 5.22 Å². The Hall–Kier alpha value is -4.67. The van der Waals surface area contributed by atoms with Gasteiger partial charge in [-0.2, -0.15) is 0 Å². The molecule has 5 aromatic rings. The second kappa shape index (κ2) is 15.1. The van der Waals surface area contributed by atoms with Crippen LogP contribution in [0, 0.1) is 0 Å². The van der Waals surface area contributed by atoms with Gasteiger partial charge in [-0.05, 0) is 23.3 Å². The predicted molar refractivity (Wildman–Crippen MR) is 178 cm³/mol. The van der Waals surface area contributed by atoms with Crippen LogP contribution in [0.15, 0.2) is 131 Å². The summed E-state index contributed by atoms with van der Waals surface area (Å²) in [6, 6.07) is 35.1. The van der Waals surface area contributed by atoms with Gasteiger partial charge in [-0.15, -0.1) is 0 Å². The molecule has 0 unspecified atom stereocenters. The molecule has 1 aliphatic rings. The zero-order valence-electron chi connectivity index (χ0n) is 25.1. The number of anilines is 1. The van der Waals surface area contributed by atoms with Crippen LogP contribution in [-0.4, -0.2) is 34.6 Å². The fourth-order valence-electron chi connectivity index (χ4n) is 5.18. The van der Waals surface area contributed by atoms with E-state index in [1.807, 2.05) is 103 Å². The third-order valence-electron chi connectivity index (χ3n) is 7.44. The number of hydrogen-bond acceptors (Lipinski definition) is 8. The minimum absolute atomic E-state index is 0.0298. The minimum Gasteiger partial charge on any atom is -0.445 e. The summed E-state index contributed by atoms with van der Waals surface area (Å²) in [7, 11) is 0. The van der Waals surface area contributed by atoms with Crippen molar-refractivity contribution in [1.29, 1.82) is 0 Å². The lowest BCUT2D eigenvalue weighted by Gasteiger charge is -2.36. The van der Waals surface area contributed by atoms with Gasteiger partial charge in [0.05, 0.1) is 18.8 Å². The molecule has 4 aromatic carbocycles. The molecule has 0 spiro atoms. The Morgan fingerprint density at radius 3 is 2.39 bits per heavy atom. The van der Waals surface area contributed by atoms with Crippen LogP contribution in [0.3, 0.4) is 0 Å². The van der Waals surface area contributed by atoms with E-state index in [9.17, 15) is 9.90 Å². The Labute approximate surface area is 272 Å². The topological polar surface area (TPSA) is 103 Å². The number of amides is 1. The molecule has 1 fully saturated rings. The van der Waals surface area contributed by atoms with Crippen LogP contribution in [0.1, 0.15) is 35.5 Å². The van der Waals surface area contributed by atoms with E-state index < -0.39 is 12.4 Å². The van der Waals surface area contributed by atoms with Gasteiger partial charge in [-0.1, -0.05) is 121 Å². The van der Waals surface area contributed by atoms with E-state index in [-0.39, 0.29) is 25.4 Å². The first-order chi connectivity index (χ1) is 22.6. The van der Waals surface area contributed by atoms with Gasteiger partial charge in [0.2, 0.25) is 0 Å². The van der Waals surface area contributed by atoms with Gasteiger partial charge in [0.1, 0.15) is 12.3 Å². The van der Waals surface area contributed by atoms with E-state index in [1.54, 1.807) is 6.07 Å². The van der Waals surface area contributed by atoms with E-state index in [2.05, 4.69) is 11.9 Å². The van der Waals surface area contributed by atoms with Crippen LogP contribution in [0.2, 0.25) is 0 Å². The first-order valence-corrected chi connectivity index (χ1v) is 16.0. The molecule has 2 N–H and O–H groups in total. The lowest BCUT2D eigenvalue weighted by Crippen LogP contribution is -2.31. The van der Waals surface area contributed by atoms with Crippen LogP contribution in [0.25, 0.3) is 22.6 Å². The van der Waals surface area contributed by atoms with E-state index in [0.29, 0.717) is 23.1 Å². The van der Waals surface area contributed by atoms with E-state index in [1.165, 1.54) is 17.8 Å². The average Bonchev–Trinajstić information content (AvgIpc) is 3.55. The number of rotatable bonds is 11. The normalized spacial score (nSPS) is 17.7. The Morgan fingerprint density at radius 1 is 0.935 bits per heavy atom. The van der Waals surface area contributed by atoms with Crippen LogP contribution in [-0.2, 0) is 20.8 Å². The molecule has 8 nitrogen and oxygen atoms in total. The molecule has 0 radical (unpaired) electrons. The average molecular weight is 635 g/mol. The fourth-order valence-corrected chi connectivity index (χ4v) is 6.02. The highest BCUT2D eigenvalue weighted by Crippen LogP contribution is 2.41. The van der Waals surface area contributed by atoms with Gasteiger partial charge < -0.3 is 23.7 Å². The molecule has 0 saturated carbocycles. The van der Waals surface area contributed by atoms with Crippen molar-refractivity contribution in [3.8, 4) is 22.6 Å². The molecule has 9 heteroatoms. The molecule has 0 bridgehead atoms. The lowest BCUT2D eigenvalue weighted by atomic mass is 10.0. The maximum atomic E-state index is 12.1. The monoisotopic (exact) mass is 634 g/mol. The highest BCUT2D eigenvalue weighted by Gasteiger charge is 2.33. The van der Waals surface area contributed by atoms with Crippen LogP contribution in [0.5, 0.6) is 0 Å². The number of oxazole rings is 1. The third kappa shape index (κ3) is 7.75. The molecule has 1 amide bonds. The first-order valence-electron chi connectivity index (χ1n) is 15.0. The van der Waals surface area contributed by atoms with Crippen molar-refractivity contribution in [2.45, 2.75) is 36.7 Å². The van der Waals surface area contributed by atoms with Crippen LogP contribution >= 0.6 is 11.8 Å². The number of hydrogen-bond donors (Lipinski definition) is 2. The largest absolute Gasteiger partial charge is 0.445 e. The zero-order chi connectivity index (χ0) is 31.7. The second-order valence-electron chi connectivity index (χ2n) is 10.7. The Kier molecular flexibility index (Phi) is 10.3. The van der Waals surface area contributed by atoms with Crippen molar-refractivity contribution < 1.29 is 28.5 Å². The minimum atomic E-state index is -0.697. The highest BCUT2D eigenvalue weighted by atomic mass is 32.2. The number of benzene rings is 4. The quantitative estimate of drug-likeness (QED) is 0.110. The molecular formula is C37H34N2O6S. The molecule has 1 saturated heterocycles. The van der Waals surface area contributed by atoms with Gasteiger partial charge in [-0.3, -0.25) is 5.32 Å². The second-order valence-corrected chi connectivity index (χ2v) is 11.7. The molecule has 6 rings (SSSR count). The Bertz CT molecular complexity index is 1690. The van der Waals surface area contributed by atoms with Crippen molar-refractivity contribution in [3.63, 3.8) is 0 Å². The van der Waals surface area contributed by atoms with Crippen molar-refractivity contribution in [1.82, 2.24) is 4.98 Å². The number of aromatic nitrogens is 1. The number of ether oxygens (including phenoxy) is 3. The highest BCUT2D eigenvalue weighted by molar-refractivity contribution is 7.99. The number of carbonyl (C=O) groups is 1. The van der Waals surface area contributed by atoms with Gasteiger partial charge in [-0.25, -0.2) is 9.78 Å². The summed E-state index contributed by atoms with van der Waals surface area (Å²) in [4.78, 5) is 17.1. The summed E-state index contributed by atoms with van der Waals surface area (Å²) in [6.07, 6.45) is 0.356. The van der Waals surface area contributed by atoms with Gasteiger partial charge >= 0.3 is 6.09 Å². The number of aliphatic hydroxyl groups excluding tert-OH is 1. The molecule has 1 aromatic heterocycles. The predicted octanol–water partition coefficient (Wildman–Crippen LogP) is 8.57. The van der Waals surface area contributed by atoms with Gasteiger partial charge in [0.15, 0.2) is 12.1 Å². The third-order valence-corrected chi connectivity index (χ3v) is 8.40. The molecule has 2 heterocycles. The van der Waals surface area contributed by atoms with Crippen molar-refractivity contribution in [2.75, 3.05) is 17.7 Å². The zero-order valence-corrected chi connectivity index (χ0v) is 25.9. The number of aliphatic hydroxyl groups is 1. The number of carbonyl (C=O) groups excluding carboxylic acids is 1. The fraction of sp³-hybridized carbons (Fsp3) is 0.189. The van der Waals surface area contributed by atoms with E-state index >= 15 is 0 Å². The number of nitrogens with one attached hydrogen (secondary N) is 1. The van der Waals surface area contributed by atoms with E-state index in [0.717, 1.165) is 39.3 Å². The smallest absolute Gasteiger partial charge is 0.411 e. The summed E-state index contributed by atoms with van der Waals surface area (Å²) in [5.41, 5.74) is 5.84. The molecule has 0 aliphatic carbocycles. The summed E-state index contributed by atoms with van der Waals surface area (Å²) in [5, 5.41) is 12.8. The molecule has 234 valence electrons. The van der Waals surface area contributed by atoms with E-state index in [4.69, 9.17) is 23.6 Å². The van der Waals surface area contributed by atoms with Crippen molar-refractivity contribution in [3.05, 3.63) is 139 Å². The Balaban J connectivity index is 1.24. The Morgan fingerprint density at radius 2 is 1.67 bits per heavy atom. The maximum Gasteiger partial charge on any atom is 0.411 e. The number of thioether (sulfide) groups is 1. The van der Waals surface area contributed by atoms with Crippen molar-refractivity contribution in [2.24, 2.45) is 0 Å². The summed E-state index contributed by atoms with van der Waals surface area (Å²) in [5.74, 6) is 1.29. The maximum absolute atomic E-state index is 12.1. The molecule has 1 aliphatic heterocycles. The van der Waals surface area contributed by atoms with Crippen LogP contribution < -0.4 is 5.32 Å². The summed E-state index contributed by atoms with van der Waals surface area (Å²) >= 11 is 1.50. The first kappa shape index (κ1) is 31.3. The van der Waals surface area contributed by atoms with Gasteiger partial charge in [0, 0.05) is 34.6 Å². The summed E-state index contributed by atoms with van der Waals surface area (Å²) < 4.78 is 24.4. The standard InChI is InChI=1S/C37H34N2O6S/c1-2-20-42-36(41)38-30-15-9-14-29(21-30)35-43-31(22-32(44-35)26-18-16-25(23-40)17-19-26)24-46-37-39-33(27-10-5-3-6-11-27)34(45-37)28-12-7-4-8-13-28/h2-19,21,31-32,35,40H,1,20,22-24H2,(H,38,41)/t31-,32+,35+/m0/s1.